The SMILES string of the molecule is COC(=O)C1(Nc2ccccc2OC)CCC(C)(C)C1. The minimum atomic E-state index is -0.660. The summed E-state index contributed by atoms with van der Waals surface area (Å²) < 4.78 is 10.4. The van der Waals surface area contributed by atoms with Gasteiger partial charge in [-0.05, 0) is 36.8 Å². The number of ether oxygens (including phenoxy) is 2. The molecule has 0 aliphatic heterocycles. The average Bonchev–Trinajstić information content (AvgIpc) is 2.75. The lowest BCUT2D eigenvalue weighted by atomic mass is 9.87. The molecule has 1 atom stereocenters. The van der Waals surface area contributed by atoms with Gasteiger partial charge in [-0.25, -0.2) is 4.79 Å². The summed E-state index contributed by atoms with van der Waals surface area (Å²) >= 11 is 0. The first-order chi connectivity index (χ1) is 9.42. The van der Waals surface area contributed by atoms with Crippen molar-refractivity contribution in [1.29, 1.82) is 0 Å². The fourth-order valence-corrected chi connectivity index (χ4v) is 3.08. The first-order valence-electron chi connectivity index (χ1n) is 6.92. The first kappa shape index (κ1) is 14.7. The molecule has 110 valence electrons. The molecule has 2 rings (SSSR count). The summed E-state index contributed by atoms with van der Waals surface area (Å²) in [5, 5.41) is 3.38. The minimum Gasteiger partial charge on any atom is -0.495 e. The van der Waals surface area contributed by atoms with Crippen molar-refractivity contribution in [2.45, 2.75) is 38.6 Å². The van der Waals surface area contributed by atoms with E-state index in [1.165, 1.54) is 7.11 Å². The van der Waals surface area contributed by atoms with E-state index in [1.54, 1.807) is 7.11 Å². The Morgan fingerprint density at radius 1 is 1.20 bits per heavy atom. The highest BCUT2D eigenvalue weighted by atomic mass is 16.5. The standard InChI is InChI=1S/C16H23NO3/c1-15(2)9-10-16(11-15,14(18)20-4)17-12-7-5-6-8-13(12)19-3/h5-8,17H,9-11H2,1-4H3. The second kappa shape index (κ2) is 5.35. The Balaban J connectivity index is 2.32. The van der Waals surface area contributed by atoms with Gasteiger partial charge in [0.1, 0.15) is 11.3 Å². The smallest absolute Gasteiger partial charge is 0.331 e. The molecular formula is C16H23NO3. The summed E-state index contributed by atoms with van der Waals surface area (Å²) in [6.07, 6.45) is 2.51. The molecule has 1 aliphatic carbocycles. The third-order valence-corrected chi connectivity index (χ3v) is 4.07. The summed E-state index contributed by atoms with van der Waals surface area (Å²) in [6, 6.07) is 7.64. The maximum Gasteiger partial charge on any atom is 0.331 e. The number of esters is 1. The number of para-hydroxylation sites is 2. The lowest BCUT2D eigenvalue weighted by Crippen LogP contribution is -2.45. The fourth-order valence-electron chi connectivity index (χ4n) is 3.08. The van der Waals surface area contributed by atoms with Crippen molar-refractivity contribution in [3.8, 4) is 5.75 Å². The van der Waals surface area contributed by atoms with Gasteiger partial charge >= 0.3 is 5.97 Å². The zero-order chi connectivity index (χ0) is 14.8. The fraction of sp³-hybridized carbons (Fsp3) is 0.562. The number of methoxy groups -OCH3 is 2. The van der Waals surface area contributed by atoms with Crippen LogP contribution in [0.1, 0.15) is 33.1 Å². The molecule has 4 nitrogen and oxygen atoms in total. The van der Waals surface area contributed by atoms with Crippen LogP contribution in [0, 0.1) is 5.41 Å². The average molecular weight is 277 g/mol. The third-order valence-electron chi connectivity index (χ3n) is 4.07. The van der Waals surface area contributed by atoms with Gasteiger partial charge in [-0.1, -0.05) is 26.0 Å². The second-order valence-corrected chi connectivity index (χ2v) is 6.24. The van der Waals surface area contributed by atoms with Crippen LogP contribution in [0.5, 0.6) is 5.75 Å². The van der Waals surface area contributed by atoms with Crippen molar-refractivity contribution in [1.82, 2.24) is 0 Å². The third kappa shape index (κ3) is 2.74. The monoisotopic (exact) mass is 277 g/mol. The van der Waals surface area contributed by atoms with Crippen LogP contribution < -0.4 is 10.1 Å². The van der Waals surface area contributed by atoms with E-state index in [0.29, 0.717) is 0 Å². The van der Waals surface area contributed by atoms with Crippen LogP contribution in [0.25, 0.3) is 0 Å². The zero-order valence-electron chi connectivity index (χ0n) is 12.7. The second-order valence-electron chi connectivity index (χ2n) is 6.24. The zero-order valence-corrected chi connectivity index (χ0v) is 12.7. The molecule has 20 heavy (non-hydrogen) atoms. The van der Waals surface area contributed by atoms with Crippen molar-refractivity contribution in [2.24, 2.45) is 5.41 Å². The van der Waals surface area contributed by atoms with Crippen LogP contribution >= 0.6 is 0 Å². The van der Waals surface area contributed by atoms with Crippen LogP contribution in [0.4, 0.5) is 5.69 Å². The first-order valence-corrected chi connectivity index (χ1v) is 6.92. The number of rotatable bonds is 4. The molecule has 0 spiro atoms. The Hall–Kier alpha value is -1.71. The molecular weight excluding hydrogens is 254 g/mol. The van der Waals surface area contributed by atoms with Gasteiger partial charge in [0.25, 0.3) is 0 Å². The van der Waals surface area contributed by atoms with Crippen LogP contribution in [0.3, 0.4) is 0 Å². The summed E-state index contributed by atoms with van der Waals surface area (Å²) in [5.41, 5.74) is 0.300. The Kier molecular flexibility index (Phi) is 3.93. The lowest BCUT2D eigenvalue weighted by Gasteiger charge is -2.31. The van der Waals surface area contributed by atoms with Crippen LogP contribution in [-0.4, -0.2) is 25.7 Å². The molecule has 0 amide bonds. The summed E-state index contributed by atoms with van der Waals surface area (Å²) in [6.45, 7) is 4.36. The van der Waals surface area contributed by atoms with Gasteiger partial charge in [0.05, 0.1) is 19.9 Å². The summed E-state index contributed by atoms with van der Waals surface area (Å²) in [4.78, 5) is 12.3. The van der Waals surface area contributed by atoms with Crippen LogP contribution in [0.2, 0.25) is 0 Å². The summed E-state index contributed by atoms with van der Waals surface area (Å²) in [5.74, 6) is 0.537. The predicted molar refractivity (Wildman–Crippen MR) is 79.0 cm³/mol. The highest BCUT2D eigenvalue weighted by molar-refractivity contribution is 5.85. The van der Waals surface area contributed by atoms with E-state index in [0.717, 1.165) is 30.7 Å². The van der Waals surface area contributed by atoms with E-state index in [-0.39, 0.29) is 11.4 Å². The van der Waals surface area contributed by atoms with Gasteiger partial charge < -0.3 is 14.8 Å². The number of carbonyl (C=O) groups excluding carboxylic acids is 1. The maximum absolute atomic E-state index is 12.3. The topological polar surface area (TPSA) is 47.6 Å². The van der Waals surface area contributed by atoms with E-state index in [4.69, 9.17) is 9.47 Å². The highest BCUT2D eigenvalue weighted by Gasteiger charge is 2.49. The Bertz CT molecular complexity index is 498. The highest BCUT2D eigenvalue weighted by Crippen LogP contribution is 2.46. The molecule has 1 aromatic rings. The van der Waals surface area contributed by atoms with Crippen molar-refractivity contribution in [3.63, 3.8) is 0 Å². The van der Waals surface area contributed by atoms with Gasteiger partial charge in [0.2, 0.25) is 0 Å². The van der Waals surface area contributed by atoms with Crippen molar-refractivity contribution < 1.29 is 14.3 Å². The Labute approximate surface area is 120 Å². The number of hydrogen-bond acceptors (Lipinski definition) is 4. The largest absolute Gasteiger partial charge is 0.495 e. The molecule has 1 saturated carbocycles. The van der Waals surface area contributed by atoms with Gasteiger partial charge in [0.15, 0.2) is 0 Å². The van der Waals surface area contributed by atoms with E-state index < -0.39 is 5.54 Å². The van der Waals surface area contributed by atoms with Crippen molar-refractivity contribution in [2.75, 3.05) is 19.5 Å². The molecule has 4 heteroatoms. The van der Waals surface area contributed by atoms with Crippen LogP contribution in [0.15, 0.2) is 24.3 Å². The quantitative estimate of drug-likeness (QED) is 0.858. The minimum absolute atomic E-state index is 0.128. The van der Waals surface area contributed by atoms with Gasteiger partial charge in [-0.2, -0.15) is 0 Å². The maximum atomic E-state index is 12.3. The molecule has 1 N–H and O–H groups in total. The number of anilines is 1. The number of benzene rings is 1. The number of nitrogens with one attached hydrogen (secondary N) is 1. The van der Waals surface area contributed by atoms with Crippen LogP contribution in [-0.2, 0) is 9.53 Å². The predicted octanol–water partition coefficient (Wildman–Crippen LogP) is 3.23. The van der Waals surface area contributed by atoms with Gasteiger partial charge in [-0.3, -0.25) is 0 Å². The molecule has 1 aromatic carbocycles. The van der Waals surface area contributed by atoms with E-state index in [2.05, 4.69) is 19.2 Å². The Morgan fingerprint density at radius 3 is 2.45 bits per heavy atom. The van der Waals surface area contributed by atoms with Crippen molar-refractivity contribution >= 4 is 11.7 Å². The summed E-state index contributed by atoms with van der Waals surface area (Å²) in [7, 11) is 3.07. The lowest BCUT2D eigenvalue weighted by molar-refractivity contribution is -0.146. The molecule has 0 heterocycles. The van der Waals surface area contributed by atoms with Gasteiger partial charge in [-0.15, -0.1) is 0 Å². The molecule has 0 aromatic heterocycles. The molecule has 0 bridgehead atoms. The molecule has 1 fully saturated rings. The normalized spacial score (nSPS) is 24.2. The van der Waals surface area contributed by atoms with Gasteiger partial charge in [0, 0.05) is 0 Å². The molecule has 0 radical (unpaired) electrons. The van der Waals surface area contributed by atoms with E-state index in [9.17, 15) is 4.79 Å². The number of carbonyl (C=O) groups is 1. The van der Waals surface area contributed by atoms with E-state index in [1.807, 2.05) is 24.3 Å². The Morgan fingerprint density at radius 2 is 1.90 bits per heavy atom. The van der Waals surface area contributed by atoms with E-state index >= 15 is 0 Å². The molecule has 1 aliphatic rings. The number of hydrogen-bond donors (Lipinski definition) is 1. The molecule has 0 saturated heterocycles. The molecule has 1 unspecified atom stereocenters. The van der Waals surface area contributed by atoms with Crippen molar-refractivity contribution in [3.05, 3.63) is 24.3 Å².